The second-order valence-electron chi connectivity index (χ2n) is 3.82. The number of nitrogens with two attached hydrogens (primary N) is 1. The van der Waals surface area contributed by atoms with Crippen molar-refractivity contribution in [3.8, 4) is 5.75 Å². The number of benzene rings is 1. The van der Waals surface area contributed by atoms with E-state index >= 15 is 0 Å². The number of rotatable bonds is 5. The van der Waals surface area contributed by atoms with Crippen molar-refractivity contribution >= 4 is 15.5 Å². The normalized spacial score (nSPS) is 12.7. The first-order valence-corrected chi connectivity index (χ1v) is 6.81. The molecule has 0 aliphatic rings. The SMILES string of the molecule is CS(=O)(=O)c1ccc(OCC(F)(F)C(F)F)c(N)c1. The Morgan fingerprint density at radius 1 is 1.37 bits per heavy atom. The van der Waals surface area contributed by atoms with Gasteiger partial charge in [-0.15, -0.1) is 0 Å². The molecule has 0 fully saturated rings. The number of ether oxygens (including phenoxy) is 1. The second kappa shape index (κ2) is 5.24. The predicted molar refractivity (Wildman–Crippen MR) is 60.4 cm³/mol. The summed E-state index contributed by atoms with van der Waals surface area (Å²) in [5.41, 5.74) is 5.17. The quantitative estimate of drug-likeness (QED) is 0.666. The van der Waals surface area contributed by atoms with Gasteiger partial charge in [-0.25, -0.2) is 17.2 Å². The van der Waals surface area contributed by atoms with E-state index in [1.165, 1.54) is 0 Å². The Balaban J connectivity index is 2.88. The Labute approximate surface area is 107 Å². The van der Waals surface area contributed by atoms with Crippen molar-refractivity contribution in [3.63, 3.8) is 0 Å². The van der Waals surface area contributed by atoms with Crippen LogP contribution in [0, 0.1) is 0 Å². The highest BCUT2D eigenvalue weighted by Crippen LogP contribution is 2.28. The third-order valence-electron chi connectivity index (χ3n) is 2.15. The summed E-state index contributed by atoms with van der Waals surface area (Å²) in [5, 5.41) is 0. The zero-order valence-electron chi connectivity index (χ0n) is 9.74. The van der Waals surface area contributed by atoms with E-state index in [-0.39, 0.29) is 16.3 Å². The monoisotopic (exact) mass is 301 g/mol. The van der Waals surface area contributed by atoms with Crippen LogP contribution in [0.3, 0.4) is 0 Å². The second-order valence-corrected chi connectivity index (χ2v) is 5.84. The van der Waals surface area contributed by atoms with Gasteiger partial charge in [0.25, 0.3) is 0 Å². The van der Waals surface area contributed by atoms with Gasteiger partial charge in [0.05, 0.1) is 10.6 Å². The number of hydrogen-bond donors (Lipinski definition) is 1. The summed E-state index contributed by atoms with van der Waals surface area (Å²) >= 11 is 0. The Morgan fingerprint density at radius 3 is 2.37 bits per heavy atom. The zero-order chi connectivity index (χ0) is 14.8. The molecule has 0 aliphatic heterocycles. The molecule has 0 saturated heterocycles. The molecule has 0 aliphatic carbocycles. The van der Waals surface area contributed by atoms with E-state index < -0.39 is 28.8 Å². The van der Waals surface area contributed by atoms with Gasteiger partial charge >= 0.3 is 12.3 Å². The maximum absolute atomic E-state index is 12.6. The fourth-order valence-electron chi connectivity index (χ4n) is 1.13. The van der Waals surface area contributed by atoms with Gasteiger partial charge < -0.3 is 10.5 Å². The number of anilines is 1. The van der Waals surface area contributed by atoms with Gasteiger partial charge in [-0.3, -0.25) is 0 Å². The van der Waals surface area contributed by atoms with Gasteiger partial charge in [-0.1, -0.05) is 0 Å². The standard InChI is InChI=1S/C10H11F4NO3S/c1-19(16,17)6-2-3-8(7(15)4-6)18-5-10(13,14)9(11)12/h2-4,9H,5,15H2,1H3. The summed E-state index contributed by atoms with van der Waals surface area (Å²) < 4.78 is 75.9. The molecule has 108 valence electrons. The first-order valence-electron chi connectivity index (χ1n) is 4.92. The minimum atomic E-state index is -4.30. The molecule has 2 N–H and O–H groups in total. The maximum atomic E-state index is 12.6. The molecule has 9 heteroatoms. The molecule has 0 radical (unpaired) electrons. The van der Waals surface area contributed by atoms with Crippen molar-refractivity contribution in [1.29, 1.82) is 0 Å². The van der Waals surface area contributed by atoms with Crippen LogP contribution in [0.15, 0.2) is 23.1 Å². The first-order chi connectivity index (χ1) is 8.54. The Hall–Kier alpha value is -1.51. The molecule has 1 rings (SSSR count). The van der Waals surface area contributed by atoms with Crippen molar-refractivity contribution in [2.24, 2.45) is 0 Å². The fraction of sp³-hybridized carbons (Fsp3) is 0.400. The van der Waals surface area contributed by atoms with Crippen LogP contribution in [0.5, 0.6) is 5.75 Å². The first kappa shape index (κ1) is 15.5. The van der Waals surface area contributed by atoms with Crippen LogP contribution in [0.4, 0.5) is 23.2 Å². The van der Waals surface area contributed by atoms with Gasteiger partial charge in [-0.2, -0.15) is 8.78 Å². The Bertz CT molecular complexity index is 560. The van der Waals surface area contributed by atoms with Gasteiger partial charge in [0, 0.05) is 6.26 Å². The largest absolute Gasteiger partial charge is 0.485 e. The van der Waals surface area contributed by atoms with E-state index in [0.717, 1.165) is 24.5 Å². The molecule has 0 bridgehead atoms. The van der Waals surface area contributed by atoms with E-state index in [1.807, 2.05) is 0 Å². The molecule has 1 aromatic rings. The molecule has 0 atom stereocenters. The number of alkyl halides is 4. The van der Waals surface area contributed by atoms with E-state index in [1.54, 1.807) is 0 Å². The molecule has 0 spiro atoms. The minimum Gasteiger partial charge on any atom is -0.485 e. The highest BCUT2D eigenvalue weighted by molar-refractivity contribution is 7.90. The van der Waals surface area contributed by atoms with Crippen molar-refractivity contribution in [1.82, 2.24) is 0 Å². The van der Waals surface area contributed by atoms with Gasteiger partial charge in [0.2, 0.25) is 0 Å². The average molecular weight is 301 g/mol. The maximum Gasteiger partial charge on any atom is 0.340 e. The van der Waals surface area contributed by atoms with Crippen molar-refractivity contribution in [2.45, 2.75) is 17.2 Å². The summed E-state index contributed by atoms with van der Waals surface area (Å²) in [6.45, 7) is -1.55. The third-order valence-corrected chi connectivity index (χ3v) is 3.26. The van der Waals surface area contributed by atoms with Gasteiger partial charge in [0.15, 0.2) is 16.4 Å². The number of halogens is 4. The molecular weight excluding hydrogens is 290 g/mol. The molecule has 0 amide bonds. The zero-order valence-corrected chi connectivity index (χ0v) is 10.6. The highest BCUT2D eigenvalue weighted by Gasteiger charge is 2.41. The van der Waals surface area contributed by atoms with Crippen LogP contribution in [-0.4, -0.2) is 33.6 Å². The van der Waals surface area contributed by atoms with Gasteiger partial charge in [-0.05, 0) is 18.2 Å². The lowest BCUT2D eigenvalue weighted by Crippen LogP contribution is -2.33. The minimum absolute atomic E-state index is 0.127. The van der Waals surface area contributed by atoms with E-state index in [2.05, 4.69) is 4.74 Å². The lowest BCUT2D eigenvalue weighted by Gasteiger charge is -2.17. The lowest BCUT2D eigenvalue weighted by molar-refractivity contribution is -0.148. The molecule has 4 nitrogen and oxygen atoms in total. The van der Waals surface area contributed by atoms with Crippen molar-refractivity contribution < 1.29 is 30.7 Å². The molecular formula is C10H11F4NO3S. The summed E-state index contributed by atoms with van der Waals surface area (Å²) in [6, 6.07) is 3.12. The number of hydrogen-bond acceptors (Lipinski definition) is 4. The van der Waals surface area contributed by atoms with Crippen LogP contribution < -0.4 is 10.5 Å². The van der Waals surface area contributed by atoms with Crippen LogP contribution in [0.1, 0.15) is 0 Å². The third kappa shape index (κ3) is 3.98. The van der Waals surface area contributed by atoms with Gasteiger partial charge in [0.1, 0.15) is 5.75 Å². The topological polar surface area (TPSA) is 69.4 Å². The average Bonchev–Trinajstić information content (AvgIpc) is 2.25. The van der Waals surface area contributed by atoms with Crippen LogP contribution in [0.25, 0.3) is 0 Å². The summed E-state index contributed by atoms with van der Waals surface area (Å²) in [6.07, 6.45) is -2.92. The van der Waals surface area contributed by atoms with E-state index in [9.17, 15) is 26.0 Å². The lowest BCUT2D eigenvalue weighted by atomic mass is 10.3. The number of sulfone groups is 1. The molecule has 0 unspecified atom stereocenters. The summed E-state index contributed by atoms with van der Waals surface area (Å²) in [7, 11) is -3.50. The molecule has 0 aromatic heterocycles. The van der Waals surface area contributed by atoms with E-state index in [4.69, 9.17) is 5.73 Å². The molecule has 1 aromatic carbocycles. The van der Waals surface area contributed by atoms with Crippen molar-refractivity contribution in [3.05, 3.63) is 18.2 Å². The predicted octanol–water partition coefficient (Wildman–Crippen LogP) is 1.95. The van der Waals surface area contributed by atoms with Crippen LogP contribution >= 0.6 is 0 Å². The smallest absolute Gasteiger partial charge is 0.340 e. The summed E-state index contributed by atoms with van der Waals surface area (Å²) in [5.74, 6) is -4.59. The van der Waals surface area contributed by atoms with E-state index in [0.29, 0.717) is 0 Å². The number of nitrogen functional groups attached to an aromatic ring is 1. The molecule has 0 heterocycles. The summed E-state index contributed by atoms with van der Waals surface area (Å²) in [4.78, 5) is -0.127. The van der Waals surface area contributed by atoms with Crippen molar-refractivity contribution in [2.75, 3.05) is 18.6 Å². The molecule has 19 heavy (non-hydrogen) atoms. The Kier molecular flexibility index (Phi) is 4.28. The van der Waals surface area contributed by atoms with Crippen LogP contribution in [0.2, 0.25) is 0 Å². The highest BCUT2D eigenvalue weighted by atomic mass is 32.2. The molecule has 0 saturated carbocycles. The van der Waals surface area contributed by atoms with Crippen LogP contribution in [-0.2, 0) is 9.84 Å². The fourth-order valence-corrected chi connectivity index (χ4v) is 1.78. The Morgan fingerprint density at radius 2 is 1.95 bits per heavy atom.